The van der Waals surface area contributed by atoms with Crippen LogP contribution in [0.5, 0.6) is 6.01 Å². The molecule has 2 aromatic carbocycles. The Labute approximate surface area is 174 Å². The molecule has 0 fully saturated rings. The summed E-state index contributed by atoms with van der Waals surface area (Å²) >= 11 is 0. The van der Waals surface area contributed by atoms with Crippen LogP contribution in [0.3, 0.4) is 0 Å². The molecule has 3 rings (SSSR count). The molecule has 9 heteroatoms. The van der Waals surface area contributed by atoms with Crippen molar-refractivity contribution in [1.29, 1.82) is 0 Å². The molecular formula is C17H16N3NaO4S. The predicted molar refractivity (Wildman–Crippen MR) is 94.7 cm³/mol. The zero-order valence-electron chi connectivity index (χ0n) is 15.3. The normalized spacial score (nSPS) is 10.8. The second kappa shape index (κ2) is 8.05. The van der Waals surface area contributed by atoms with Gasteiger partial charge in [0.1, 0.15) is 0 Å². The Hall–Kier alpha value is -2.13. The third kappa shape index (κ3) is 4.34. The maximum absolute atomic E-state index is 12.1. The minimum absolute atomic E-state index is 0. The first-order valence-electron chi connectivity index (χ1n) is 7.32. The van der Waals surface area contributed by atoms with Gasteiger partial charge in [-0.05, 0) is 31.2 Å². The standard InChI is InChI=1S/C17H15N3O4S.Na.H/c1-12(2)16(21)19-25(22,23)24-17-18-14-10-6-7-11-15(14)20(17)13-8-4-3-5-9-13;;/h3-11H,1H2,2H3,(H,19,21);;/q;+1;-1. The topological polar surface area (TPSA) is 90.3 Å². The van der Waals surface area contributed by atoms with Gasteiger partial charge in [0.2, 0.25) is 0 Å². The first-order chi connectivity index (χ1) is 11.9. The fourth-order valence-electron chi connectivity index (χ4n) is 2.21. The molecular weight excluding hydrogens is 365 g/mol. The van der Waals surface area contributed by atoms with Crippen molar-refractivity contribution >= 4 is 27.2 Å². The summed E-state index contributed by atoms with van der Waals surface area (Å²) < 4.78 is 32.6. The van der Waals surface area contributed by atoms with E-state index in [-0.39, 0.29) is 42.6 Å². The molecule has 0 aliphatic carbocycles. The average molecular weight is 381 g/mol. The zero-order chi connectivity index (χ0) is 18.0. The molecule has 0 unspecified atom stereocenters. The first kappa shape index (κ1) is 20.2. The second-order valence-corrected chi connectivity index (χ2v) is 6.58. The summed E-state index contributed by atoms with van der Waals surface area (Å²) in [4.78, 5) is 15.8. The molecule has 0 saturated heterocycles. The number of fused-ring (bicyclic) bond motifs is 1. The van der Waals surface area contributed by atoms with Crippen molar-refractivity contribution in [3.05, 3.63) is 66.7 Å². The Morgan fingerprint density at radius 2 is 1.77 bits per heavy atom. The summed E-state index contributed by atoms with van der Waals surface area (Å²) in [6.07, 6.45) is 0. The first-order valence-corrected chi connectivity index (χ1v) is 8.73. The minimum atomic E-state index is -4.40. The monoisotopic (exact) mass is 381 g/mol. The van der Waals surface area contributed by atoms with Crippen molar-refractivity contribution in [2.45, 2.75) is 6.92 Å². The number of imidazole rings is 1. The number of para-hydroxylation sites is 3. The van der Waals surface area contributed by atoms with E-state index in [4.69, 9.17) is 4.18 Å². The van der Waals surface area contributed by atoms with E-state index in [9.17, 15) is 13.2 Å². The maximum Gasteiger partial charge on any atom is 1.00 e. The van der Waals surface area contributed by atoms with E-state index in [1.807, 2.05) is 24.3 Å². The van der Waals surface area contributed by atoms with Crippen LogP contribution in [-0.2, 0) is 15.1 Å². The summed E-state index contributed by atoms with van der Waals surface area (Å²) in [5.74, 6) is -0.845. The maximum atomic E-state index is 12.1. The molecule has 1 amide bonds. The molecule has 0 saturated carbocycles. The van der Waals surface area contributed by atoms with Crippen LogP contribution in [0.15, 0.2) is 66.7 Å². The summed E-state index contributed by atoms with van der Waals surface area (Å²) in [7, 11) is -4.40. The van der Waals surface area contributed by atoms with Crippen molar-refractivity contribution in [3.63, 3.8) is 0 Å². The number of nitrogens with one attached hydrogen (secondary N) is 1. The molecule has 3 aromatic rings. The summed E-state index contributed by atoms with van der Waals surface area (Å²) in [6.45, 7) is 4.79. The SMILES string of the molecule is C=C(C)C(=O)NS(=O)(=O)Oc1nc2ccccc2n1-c1ccccc1.[H-].[Na+]. The Morgan fingerprint density at radius 1 is 1.15 bits per heavy atom. The van der Waals surface area contributed by atoms with Gasteiger partial charge in [0.25, 0.3) is 5.91 Å². The van der Waals surface area contributed by atoms with Gasteiger partial charge >= 0.3 is 45.9 Å². The number of amides is 1. The number of benzene rings is 2. The Bertz CT molecular complexity index is 1070. The van der Waals surface area contributed by atoms with E-state index >= 15 is 0 Å². The van der Waals surface area contributed by atoms with Crippen LogP contribution in [0.2, 0.25) is 0 Å². The smallest absolute Gasteiger partial charge is 1.00 e. The van der Waals surface area contributed by atoms with Crippen LogP contribution in [0.25, 0.3) is 16.7 Å². The van der Waals surface area contributed by atoms with Gasteiger partial charge in [0.15, 0.2) is 0 Å². The van der Waals surface area contributed by atoms with Crippen LogP contribution < -0.4 is 38.5 Å². The summed E-state index contributed by atoms with van der Waals surface area (Å²) in [6, 6.07) is 16.0. The molecule has 0 aliphatic rings. The second-order valence-electron chi connectivity index (χ2n) is 5.30. The Morgan fingerprint density at radius 3 is 2.42 bits per heavy atom. The van der Waals surface area contributed by atoms with E-state index in [1.165, 1.54) is 6.92 Å². The van der Waals surface area contributed by atoms with Crippen LogP contribution in [0.1, 0.15) is 8.35 Å². The quantitative estimate of drug-likeness (QED) is 0.474. The number of carbonyl (C=O) groups is 1. The van der Waals surface area contributed by atoms with E-state index in [2.05, 4.69) is 11.6 Å². The van der Waals surface area contributed by atoms with E-state index in [0.29, 0.717) is 16.7 Å². The Kier molecular flexibility index (Phi) is 6.25. The third-order valence-electron chi connectivity index (χ3n) is 3.33. The largest absolute Gasteiger partial charge is 1.00 e. The summed E-state index contributed by atoms with van der Waals surface area (Å²) in [5.41, 5.74) is 1.95. The molecule has 0 bridgehead atoms. The molecule has 130 valence electrons. The van der Waals surface area contributed by atoms with Gasteiger partial charge in [-0.15, -0.1) is 0 Å². The van der Waals surface area contributed by atoms with Crippen molar-refractivity contribution in [1.82, 2.24) is 14.3 Å². The Balaban J connectivity index is 0.00000182. The molecule has 26 heavy (non-hydrogen) atoms. The molecule has 1 aromatic heterocycles. The van der Waals surface area contributed by atoms with Crippen LogP contribution in [0.4, 0.5) is 0 Å². The van der Waals surface area contributed by atoms with E-state index in [0.717, 1.165) is 0 Å². The molecule has 7 nitrogen and oxygen atoms in total. The minimum Gasteiger partial charge on any atom is -1.00 e. The number of hydrogen-bond acceptors (Lipinski definition) is 5. The van der Waals surface area contributed by atoms with Crippen molar-refractivity contribution in [2.24, 2.45) is 0 Å². The van der Waals surface area contributed by atoms with Gasteiger partial charge in [-0.3, -0.25) is 9.36 Å². The number of nitrogens with zero attached hydrogens (tertiary/aromatic N) is 2. The molecule has 0 aliphatic heterocycles. The molecule has 1 heterocycles. The third-order valence-corrected chi connectivity index (χ3v) is 4.14. The van der Waals surface area contributed by atoms with Gasteiger partial charge < -0.3 is 5.61 Å². The van der Waals surface area contributed by atoms with Crippen LogP contribution in [0, 0.1) is 0 Å². The van der Waals surface area contributed by atoms with Crippen LogP contribution in [-0.4, -0.2) is 23.9 Å². The number of rotatable bonds is 5. The van der Waals surface area contributed by atoms with E-state index in [1.54, 1.807) is 39.6 Å². The zero-order valence-corrected chi connectivity index (χ0v) is 17.2. The van der Waals surface area contributed by atoms with Gasteiger partial charge in [0.05, 0.1) is 16.7 Å². The van der Waals surface area contributed by atoms with Gasteiger partial charge in [-0.2, -0.15) is 13.4 Å². The number of carbonyl (C=O) groups excluding carboxylic acids is 1. The van der Waals surface area contributed by atoms with Gasteiger partial charge in [0, 0.05) is 5.57 Å². The van der Waals surface area contributed by atoms with E-state index < -0.39 is 16.2 Å². The number of aromatic nitrogens is 2. The molecule has 0 radical (unpaired) electrons. The fraction of sp³-hybridized carbons (Fsp3) is 0.0588. The average Bonchev–Trinajstić information content (AvgIpc) is 2.91. The van der Waals surface area contributed by atoms with Crippen molar-refractivity contribution in [2.75, 3.05) is 0 Å². The van der Waals surface area contributed by atoms with Gasteiger partial charge in [-0.1, -0.05) is 36.9 Å². The predicted octanol–water partition coefficient (Wildman–Crippen LogP) is -0.542. The van der Waals surface area contributed by atoms with Gasteiger partial charge in [-0.25, -0.2) is 4.72 Å². The van der Waals surface area contributed by atoms with Crippen molar-refractivity contribution in [3.8, 4) is 11.7 Å². The molecule has 0 spiro atoms. The summed E-state index contributed by atoms with van der Waals surface area (Å²) in [5, 5.41) is 0. The number of hydrogen-bond donors (Lipinski definition) is 1. The molecule has 0 atom stereocenters. The van der Waals surface area contributed by atoms with Crippen molar-refractivity contribution < 1.29 is 48.4 Å². The fourth-order valence-corrected chi connectivity index (χ4v) is 2.96. The molecule has 1 N–H and O–H groups in total. The van der Waals surface area contributed by atoms with Crippen LogP contribution >= 0.6 is 0 Å².